The molecule has 1 heterocycles. The molecule has 2 aromatic carbocycles. The zero-order chi connectivity index (χ0) is 20.1. The third-order valence-electron chi connectivity index (χ3n) is 4.66. The molecule has 0 radical (unpaired) electrons. The van der Waals surface area contributed by atoms with Gasteiger partial charge in [0.25, 0.3) is 5.91 Å². The van der Waals surface area contributed by atoms with E-state index < -0.39 is 0 Å². The van der Waals surface area contributed by atoms with Crippen molar-refractivity contribution >= 4 is 40.3 Å². The Morgan fingerprint density at radius 3 is 2.57 bits per heavy atom. The van der Waals surface area contributed by atoms with Crippen LogP contribution in [-0.2, 0) is 0 Å². The van der Waals surface area contributed by atoms with Gasteiger partial charge in [0.05, 0.1) is 11.7 Å². The van der Waals surface area contributed by atoms with Gasteiger partial charge in [-0.3, -0.25) is 4.79 Å². The monoisotopic (exact) mass is 394 g/mol. The fourth-order valence-electron chi connectivity index (χ4n) is 3.07. The summed E-state index contributed by atoms with van der Waals surface area (Å²) in [6.45, 7) is 8.05. The number of aryl methyl sites for hydroxylation is 1. The van der Waals surface area contributed by atoms with Gasteiger partial charge in [0.15, 0.2) is 0 Å². The van der Waals surface area contributed by atoms with E-state index in [1.165, 1.54) is 6.21 Å². The van der Waals surface area contributed by atoms with E-state index >= 15 is 0 Å². The summed E-state index contributed by atoms with van der Waals surface area (Å²) in [5.41, 5.74) is 6.75. The van der Waals surface area contributed by atoms with E-state index in [4.69, 9.17) is 11.6 Å². The van der Waals surface area contributed by atoms with Crippen molar-refractivity contribution in [2.24, 2.45) is 5.10 Å². The van der Waals surface area contributed by atoms with Gasteiger partial charge in [0.1, 0.15) is 5.15 Å². The second-order valence-corrected chi connectivity index (χ2v) is 6.79. The van der Waals surface area contributed by atoms with Crippen LogP contribution in [0, 0.1) is 6.92 Å². The highest BCUT2D eigenvalue weighted by atomic mass is 35.5. The number of halogens is 1. The highest BCUT2D eigenvalue weighted by Crippen LogP contribution is 2.21. The Bertz CT molecular complexity index is 1010. The molecule has 0 fully saturated rings. The number of hydrogen-bond donors (Lipinski definition) is 1. The summed E-state index contributed by atoms with van der Waals surface area (Å²) in [6.07, 6.45) is 1.51. The third-order valence-corrected chi connectivity index (χ3v) is 4.96. The minimum Gasteiger partial charge on any atom is -0.372 e. The molecule has 5 nitrogen and oxygen atoms in total. The summed E-state index contributed by atoms with van der Waals surface area (Å²) in [5, 5.41) is 5.36. The van der Waals surface area contributed by atoms with E-state index in [9.17, 15) is 4.79 Å². The minimum absolute atomic E-state index is 0.275. The van der Waals surface area contributed by atoms with Gasteiger partial charge in [-0.25, -0.2) is 10.4 Å². The molecule has 1 aromatic heterocycles. The van der Waals surface area contributed by atoms with Gasteiger partial charge in [0.2, 0.25) is 0 Å². The zero-order valence-corrected chi connectivity index (χ0v) is 17.0. The zero-order valence-electron chi connectivity index (χ0n) is 16.2. The molecule has 3 rings (SSSR count). The van der Waals surface area contributed by atoms with Crippen molar-refractivity contribution in [3.63, 3.8) is 0 Å². The molecule has 1 amide bonds. The topological polar surface area (TPSA) is 57.6 Å². The fraction of sp³-hybridized carbons (Fsp3) is 0.227. The first-order chi connectivity index (χ1) is 13.5. The maximum Gasteiger partial charge on any atom is 0.271 e. The number of nitrogens with one attached hydrogen (secondary N) is 1. The molecule has 0 atom stereocenters. The first-order valence-electron chi connectivity index (χ1n) is 9.27. The molecule has 0 saturated heterocycles. The molecular weight excluding hydrogens is 372 g/mol. The van der Waals surface area contributed by atoms with Gasteiger partial charge in [-0.15, -0.1) is 0 Å². The van der Waals surface area contributed by atoms with Crippen LogP contribution in [0.25, 0.3) is 10.9 Å². The van der Waals surface area contributed by atoms with Crippen LogP contribution in [0.1, 0.15) is 35.3 Å². The number of aromatic nitrogens is 1. The van der Waals surface area contributed by atoms with Gasteiger partial charge in [0, 0.05) is 35.3 Å². The van der Waals surface area contributed by atoms with Crippen LogP contribution in [0.15, 0.2) is 53.6 Å². The number of carbonyl (C=O) groups excluding carboxylic acids is 1. The van der Waals surface area contributed by atoms with Crippen molar-refractivity contribution < 1.29 is 4.79 Å². The Kier molecular flexibility index (Phi) is 6.26. The number of hydrazone groups is 1. The van der Waals surface area contributed by atoms with Crippen LogP contribution in [0.2, 0.25) is 5.15 Å². The van der Waals surface area contributed by atoms with E-state index in [0.29, 0.717) is 16.3 Å². The number of benzene rings is 2. The average molecular weight is 395 g/mol. The Morgan fingerprint density at radius 2 is 1.89 bits per heavy atom. The summed E-state index contributed by atoms with van der Waals surface area (Å²) in [5.74, 6) is -0.275. The standard InChI is InChI=1S/C22H23ClN4O/c1-4-27(5-2)19-11-9-16(10-12-19)22(28)26-24-14-18-13-17-8-6-7-15(3)20(17)25-21(18)23/h6-14H,4-5H2,1-3H3,(H,26,28)/b24-14-. The van der Waals surface area contributed by atoms with Crippen LogP contribution in [0.5, 0.6) is 0 Å². The maximum atomic E-state index is 12.3. The number of rotatable bonds is 6. The number of hydrogen-bond acceptors (Lipinski definition) is 4. The van der Waals surface area contributed by atoms with Crippen molar-refractivity contribution in [2.75, 3.05) is 18.0 Å². The highest BCUT2D eigenvalue weighted by Gasteiger charge is 2.08. The van der Waals surface area contributed by atoms with Gasteiger partial charge < -0.3 is 4.90 Å². The van der Waals surface area contributed by atoms with Crippen molar-refractivity contribution in [1.82, 2.24) is 10.4 Å². The molecule has 6 heteroatoms. The molecule has 3 aromatic rings. The lowest BCUT2D eigenvalue weighted by Gasteiger charge is -2.20. The predicted octanol–water partition coefficient (Wildman–Crippen LogP) is 4.81. The number of pyridine rings is 1. The Morgan fingerprint density at radius 1 is 1.18 bits per heavy atom. The van der Waals surface area contributed by atoms with Gasteiger partial charge in [-0.1, -0.05) is 29.8 Å². The fourth-order valence-corrected chi connectivity index (χ4v) is 3.26. The number of carbonyl (C=O) groups is 1. The first-order valence-corrected chi connectivity index (χ1v) is 9.65. The van der Waals surface area contributed by atoms with E-state index in [0.717, 1.165) is 35.2 Å². The quantitative estimate of drug-likeness (QED) is 0.371. The summed E-state index contributed by atoms with van der Waals surface area (Å²) >= 11 is 6.26. The van der Waals surface area contributed by atoms with Crippen molar-refractivity contribution in [3.05, 3.63) is 70.4 Å². The Balaban J connectivity index is 1.71. The molecule has 0 bridgehead atoms. The lowest BCUT2D eigenvalue weighted by Crippen LogP contribution is -2.22. The Labute approximate surface area is 170 Å². The maximum absolute atomic E-state index is 12.3. The molecule has 0 unspecified atom stereocenters. The molecular formula is C22H23ClN4O. The summed E-state index contributed by atoms with van der Waals surface area (Å²) in [4.78, 5) is 19.0. The second-order valence-electron chi connectivity index (χ2n) is 6.43. The summed E-state index contributed by atoms with van der Waals surface area (Å²) in [6, 6.07) is 15.3. The van der Waals surface area contributed by atoms with Crippen LogP contribution in [0.4, 0.5) is 5.69 Å². The van der Waals surface area contributed by atoms with Crippen molar-refractivity contribution in [3.8, 4) is 0 Å². The molecule has 0 aliphatic heterocycles. The van der Waals surface area contributed by atoms with E-state index in [-0.39, 0.29) is 5.91 Å². The van der Waals surface area contributed by atoms with Crippen molar-refractivity contribution in [1.29, 1.82) is 0 Å². The van der Waals surface area contributed by atoms with Gasteiger partial charge >= 0.3 is 0 Å². The number of fused-ring (bicyclic) bond motifs is 1. The molecule has 0 aliphatic rings. The first kappa shape index (κ1) is 19.8. The van der Waals surface area contributed by atoms with Crippen LogP contribution in [0.3, 0.4) is 0 Å². The van der Waals surface area contributed by atoms with Gasteiger partial charge in [-0.2, -0.15) is 5.10 Å². The van der Waals surface area contributed by atoms with E-state index in [1.54, 1.807) is 12.1 Å². The largest absolute Gasteiger partial charge is 0.372 e. The smallest absolute Gasteiger partial charge is 0.271 e. The van der Waals surface area contributed by atoms with E-state index in [1.807, 2.05) is 43.3 Å². The molecule has 0 spiro atoms. The van der Waals surface area contributed by atoms with Crippen LogP contribution < -0.4 is 10.3 Å². The molecule has 0 aliphatic carbocycles. The van der Waals surface area contributed by atoms with Gasteiger partial charge in [-0.05, 0) is 56.7 Å². The predicted molar refractivity (Wildman–Crippen MR) is 117 cm³/mol. The molecule has 0 saturated carbocycles. The van der Waals surface area contributed by atoms with Crippen LogP contribution in [-0.4, -0.2) is 30.2 Å². The number of amides is 1. The van der Waals surface area contributed by atoms with Crippen molar-refractivity contribution in [2.45, 2.75) is 20.8 Å². The molecule has 1 N–H and O–H groups in total. The second kappa shape index (κ2) is 8.85. The van der Waals surface area contributed by atoms with E-state index in [2.05, 4.69) is 34.3 Å². The summed E-state index contributed by atoms with van der Waals surface area (Å²) in [7, 11) is 0. The lowest BCUT2D eigenvalue weighted by atomic mass is 10.1. The number of anilines is 1. The summed E-state index contributed by atoms with van der Waals surface area (Å²) < 4.78 is 0. The minimum atomic E-state index is -0.275. The average Bonchev–Trinajstić information content (AvgIpc) is 2.70. The van der Waals surface area contributed by atoms with Crippen LogP contribution >= 0.6 is 11.6 Å². The lowest BCUT2D eigenvalue weighted by molar-refractivity contribution is 0.0955. The number of nitrogens with zero attached hydrogens (tertiary/aromatic N) is 3. The molecule has 144 valence electrons. The normalized spacial score (nSPS) is 11.1. The number of para-hydroxylation sites is 1. The SMILES string of the molecule is CCN(CC)c1ccc(C(=O)N/N=C\c2cc3cccc(C)c3nc2Cl)cc1. The third kappa shape index (κ3) is 4.31. The molecule has 28 heavy (non-hydrogen) atoms. The highest BCUT2D eigenvalue weighted by molar-refractivity contribution is 6.32. The Hall–Kier alpha value is -2.92.